The molecule has 4 rings (SSSR count). The number of hydrogen-bond donors (Lipinski definition) is 3. The second-order valence-electron chi connectivity index (χ2n) is 8.29. The van der Waals surface area contributed by atoms with Gasteiger partial charge in [0, 0.05) is 11.3 Å². The van der Waals surface area contributed by atoms with Crippen LogP contribution in [0.2, 0.25) is 0 Å². The molecule has 31 heavy (non-hydrogen) atoms. The molecule has 1 atom stereocenters. The summed E-state index contributed by atoms with van der Waals surface area (Å²) in [7, 11) is 0. The number of amides is 1. The first kappa shape index (κ1) is 20.9. The fraction of sp³-hybridized carbons (Fsp3) is 0.273. The first-order chi connectivity index (χ1) is 14.7. The van der Waals surface area contributed by atoms with Gasteiger partial charge in [-0.3, -0.25) is 4.79 Å². The Morgan fingerprint density at radius 3 is 2.48 bits per heavy atom. The van der Waals surface area contributed by atoms with Crippen LogP contribution in [0.5, 0.6) is 0 Å². The number of benzene rings is 2. The zero-order valence-electron chi connectivity index (χ0n) is 17.6. The number of imidazole rings is 1. The van der Waals surface area contributed by atoms with E-state index in [0.29, 0.717) is 27.8 Å². The summed E-state index contributed by atoms with van der Waals surface area (Å²) in [5, 5.41) is 10.9. The minimum atomic E-state index is -0.461. The van der Waals surface area contributed by atoms with Crippen molar-refractivity contribution in [1.82, 2.24) is 20.2 Å². The minimum Gasteiger partial charge on any atom is -0.411 e. The van der Waals surface area contributed by atoms with Crippen LogP contribution in [-0.2, 0) is 10.2 Å². The van der Waals surface area contributed by atoms with Crippen molar-refractivity contribution in [3.63, 3.8) is 0 Å². The van der Waals surface area contributed by atoms with Gasteiger partial charge in [0.1, 0.15) is 0 Å². The Morgan fingerprint density at radius 1 is 1.06 bits per heavy atom. The van der Waals surface area contributed by atoms with Crippen molar-refractivity contribution in [2.24, 2.45) is 0 Å². The standard InChI is InChI=1S/C22H23N5O3S/c1-12(18(28)23-15-9-10-16-17(11-15)25-20(29)24-16)31-21-27-26-19(30-21)13-5-7-14(8-6-13)22(2,3)4/h5-12H,1-4H3,(H,23,28)(H2,24,25,29). The van der Waals surface area contributed by atoms with Gasteiger partial charge >= 0.3 is 5.69 Å². The molecule has 2 aromatic heterocycles. The van der Waals surface area contributed by atoms with Gasteiger partial charge in [-0.1, -0.05) is 44.7 Å². The van der Waals surface area contributed by atoms with Gasteiger partial charge in [0.25, 0.3) is 5.22 Å². The molecule has 0 fully saturated rings. The van der Waals surface area contributed by atoms with Crippen molar-refractivity contribution in [2.45, 2.75) is 43.6 Å². The molecular formula is C22H23N5O3S. The second-order valence-corrected chi connectivity index (χ2v) is 9.58. The van der Waals surface area contributed by atoms with E-state index in [-0.39, 0.29) is 17.0 Å². The number of H-pyrrole nitrogens is 2. The average molecular weight is 438 g/mol. The van der Waals surface area contributed by atoms with E-state index in [0.717, 1.165) is 5.56 Å². The topological polar surface area (TPSA) is 117 Å². The van der Waals surface area contributed by atoms with Crippen molar-refractivity contribution in [1.29, 1.82) is 0 Å². The van der Waals surface area contributed by atoms with Crippen LogP contribution in [-0.4, -0.2) is 31.3 Å². The van der Waals surface area contributed by atoms with Crippen LogP contribution in [0.15, 0.2) is 56.9 Å². The number of hydrogen-bond acceptors (Lipinski definition) is 6. The molecule has 0 radical (unpaired) electrons. The summed E-state index contributed by atoms with van der Waals surface area (Å²) in [5.74, 6) is 0.203. The molecule has 0 saturated heterocycles. The first-order valence-electron chi connectivity index (χ1n) is 9.83. The summed E-state index contributed by atoms with van der Waals surface area (Å²) in [6.45, 7) is 8.24. The number of aromatic nitrogens is 4. The van der Waals surface area contributed by atoms with Gasteiger partial charge in [0.15, 0.2) is 0 Å². The number of nitrogens with zero attached hydrogens (tertiary/aromatic N) is 2. The summed E-state index contributed by atoms with van der Waals surface area (Å²) >= 11 is 1.19. The molecule has 0 bridgehead atoms. The van der Waals surface area contributed by atoms with Crippen molar-refractivity contribution in [3.05, 3.63) is 58.5 Å². The van der Waals surface area contributed by atoms with Crippen molar-refractivity contribution < 1.29 is 9.21 Å². The van der Waals surface area contributed by atoms with Crippen LogP contribution in [0.4, 0.5) is 5.69 Å². The molecule has 0 spiro atoms. The van der Waals surface area contributed by atoms with Crippen LogP contribution in [0, 0.1) is 0 Å². The third-order valence-corrected chi connectivity index (χ3v) is 5.77. The predicted molar refractivity (Wildman–Crippen MR) is 121 cm³/mol. The van der Waals surface area contributed by atoms with Crippen molar-refractivity contribution in [3.8, 4) is 11.5 Å². The summed E-state index contributed by atoms with van der Waals surface area (Å²) in [4.78, 5) is 29.3. The highest BCUT2D eigenvalue weighted by Crippen LogP contribution is 2.29. The zero-order valence-corrected chi connectivity index (χ0v) is 18.5. The van der Waals surface area contributed by atoms with E-state index in [4.69, 9.17) is 4.42 Å². The van der Waals surface area contributed by atoms with Gasteiger partial charge in [0.2, 0.25) is 11.8 Å². The Morgan fingerprint density at radius 2 is 1.77 bits per heavy atom. The smallest absolute Gasteiger partial charge is 0.323 e. The number of nitrogens with one attached hydrogen (secondary N) is 3. The number of fused-ring (bicyclic) bond motifs is 1. The normalized spacial score (nSPS) is 12.8. The fourth-order valence-corrected chi connectivity index (χ4v) is 3.73. The Hall–Kier alpha value is -3.33. The van der Waals surface area contributed by atoms with Crippen LogP contribution in [0.1, 0.15) is 33.3 Å². The van der Waals surface area contributed by atoms with E-state index in [1.54, 1.807) is 25.1 Å². The molecule has 3 N–H and O–H groups in total. The van der Waals surface area contributed by atoms with Gasteiger partial charge in [-0.15, -0.1) is 10.2 Å². The van der Waals surface area contributed by atoms with Crippen LogP contribution < -0.4 is 11.0 Å². The summed E-state index contributed by atoms with van der Waals surface area (Å²) < 4.78 is 5.74. The summed E-state index contributed by atoms with van der Waals surface area (Å²) in [6, 6.07) is 13.2. The Balaban J connectivity index is 1.41. The van der Waals surface area contributed by atoms with Gasteiger partial charge in [-0.2, -0.15) is 0 Å². The molecule has 0 aliphatic rings. The van der Waals surface area contributed by atoms with E-state index >= 15 is 0 Å². The number of carbonyl (C=O) groups excluding carboxylic acids is 1. The van der Waals surface area contributed by atoms with E-state index in [2.05, 4.69) is 58.4 Å². The van der Waals surface area contributed by atoms with Crippen molar-refractivity contribution >= 4 is 34.4 Å². The minimum absolute atomic E-state index is 0.0676. The quantitative estimate of drug-likeness (QED) is 0.400. The zero-order chi connectivity index (χ0) is 22.2. The van der Waals surface area contributed by atoms with E-state index in [9.17, 15) is 9.59 Å². The Labute approximate surface area is 182 Å². The van der Waals surface area contributed by atoms with Crippen LogP contribution in [0.25, 0.3) is 22.5 Å². The number of carbonyl (C=O) groups is 1. The molecule has 2 heterocycles. The first-order valence-corrected chi connectivity index (χ1v) is 10.7. The molecule has 0 aliphatic heterocycles. The monoisotopic (exact) mass is 437 g/mol. The number of thioether (sulfide) groups is 1. The molecule has 8 nitrogen and oxygen atoms in total. The number of rotatable bonds is 5. The molecule has 0 aliphatic carbocycles. The SMILES string of the molecule is CC(Sc1nnc(-c2ccc(C(C)(C)C)cc2)o1)C(=O)Nc1ccc2[nH]c(=O)[nH]c2c1. The largest absolute Gasteiger partial charge is 0.411 e. The average Bonchev–Trinajstić information content (AvgIpc) is 3.32. The molecule has 0 saturated carbocycles. The number of anilines is 1. The number of aromatic amines is 2. The highest BCUT2D eigenvalue weighted by atomic mass is 32.2. The lowest BCUT2D eigenvalue weighted by molar-refractivity contribution is -0.115. The highest BCUT2D eigenvalue weighted by molar-refractivity contribution is 8.00. The molecule has 9 heteroatoms. The molecule has 4 aromatic rings. The second kappa shape index (κ2) is 8.07. The lowest BCUT2D eigenvalue weighted by atomic mass is 9.87. The lowest BCUT2D eigenvalue weighted by Gasteiger charge is -2.18. The van der Waals surface area contributed by atoms with E-state index in [1.807, 2.05) is 12.1 Å². The molecule has 160 valence electrons. The third-order valence-electron chi connectivity index (χ3n) is 4.83. The summed E-state index contributed by atoms with van der Waals surface area (Å²) in [6.07, 6.45) is 0. The predicted octanol–water partition coefficient (Wildman–Crippen LogP) is 4.32. The molecule has 1 unspecified atom stereocenters. The van der Waals surface area contributed by atoms with Crippen LogP contribution >= 0.6 is 11.8 Å². The Kier molecular flexibility index (Phi) is 5.45. The molecule has 2 aromatic carbocycles. The third kappa shape index (κ3) is 4.72. The Bertz CT molecular complexity index is 1280. The molecule has 1 amide bonds. The van der Waals surface area contributed by atoms with Gasteiger partial charge in [-0.05, 0) is 48.2 Å². The van der Waals surface area contributed by atoms with Crippen LogP contribution in [0.3, 0.4) is 0 Å². The van der Waals surface area contributed by atoms with Gasteiger partial charge in [0.05, 0.1) is 16.3 Å². The lowest BCUT2D eigenvalue weighted by Crippen LogP contribution is -2.22. The van der Waals surface area contributed by atoms with Crippen molar-refractivity contribution in [2.75, 3.05) is 5.32 Å². The van der Waals surface area contributed by atoms with E-state index in [1.165, 1.54) is 17.3 Å². The van der Waals surface area contributed by atoms with Gasteiger partial charge < -0.3 is 19.7 Å². The maximum Gasteiger partial charge on any atom is 0.323 e. The maximum absolute atomic E-state index is 12.6. The summed E-state index contributed by atoms with van der Waals surface area (Å²) in [5.41, 5.74) is 3.73. The van der Waals surface area contributed by atoms with Gasteiger partial charge in [-0.25, -0.2) is 4.79 Å². The van der Waals surface area contributed by atoms with E-state index < -0.39 is 5.25 Å². The fourth-order valence-electron chi connectivity index (χ4n) is 3.05. The highest BCUT2D eigenvalue weighted by Gasteiger charge is 2.20. The molecular weight excluding hydrogens is 414 g/mol. The maximum atomic E-state index is 12.6.